The molecule has 1 spiro atoms. The van der Waals surface area contributed by atoms with E-state index in [9.17, 15) is 14.7 Å². The van der Waals surface area contributed by atoms with Crippen LogP contribution in [0.2, 0.25) is 0 Å². The Bertz CT molecular complexity index is 634. The van der Waals surface area contributed by atoms with Gasteiger partial charge in [-0.05, 0) is 44.1 Å². The predicted molar refractivity (Wildman–Crippen MR) is 88.4 cm³/mol. The number of amides is 1. The highest BCUT2D eigenvalue weighted by atomic mass is 16.3. The number of piperidine rings is 1. The van der Waals surface area contributed by atoms with E-state index in [0.717, 1.165) is 25.9 Å². The molecule has 126 valence electrons. The Hall–Kier alpha value is -1.78. The Labute approximate surface area is 136 Å². The first-order chi connectivity index (χ1) is 11.0. The third kappa shape index (κ3) is 3.43. The second-order valence-electron chi connectivity index (χ2n) is 7.18. The maximum atomic E-state index is 12.4. The SMILES string of the molecule is Cc1cc(O)cc(=O)n1CCC(=O)N1CCC2(CCCC2)CC1. The van der Waals surface area contributed by atoms with Crippen molar-refractivity contribution in [3.63, 3.8) is 0 Å². The van der Waals surface area contributed by atoms with Crippen LogP contribution in [-0.2, 0) is 11.3 Å². The van der Waals surface area contributed by atoms with Crippen LogP contribution in [0.25, 0.3) is 0 Å². The van der Waals surface area contributed by atoms with Gasteiger partial charge in [-0.15, -0.1) is 0 Å². The summed E-state index contributed by atoms with van der Waals surface area (Å²) in [6, 6.07) is 2.75. The quantitative estimate of drug-likeness (QED) is 0.931. The summed E-state index contributed by atoms with van der Waals surface area (Å²) in [5.74, 6) is 0.116. The maximum Gasteiger partial charge on any atom is 0.254 e. The lowest BCUT2D eigenvalue weighted by Gasteiger charge is -2.39. The standard InChI is InChI=1S/C18H26N2O3/c1-14-12-15(21)13-17(23)20(14)9-4-16(22)19-10-7-18(8-11-19)5-2-3-6-18/h12-13,21H,2-11H2,1H3. The maximum absolute atomic E-state index is 12.4. The molecule has 1 aliphatic carbocycles. The van der Waals surface area contributed by atoms with Gasteiger partial charge in [-0.25, -0.2) is 0 Å². The summed E-state index contributed by atoms with van der Waals surface area (Å²) in [4.78, 5) is 26.3. The topological polar surface area (TPSA) is 62.5 Å². The fourth-order valence-corrected chi connectivity index (χ4v) is 4.22. The van der Waals surface area contributed by atoms with Crippen LogP contribution in [0.4, 0.5) is 0 Å². The van der Waals surface area contributed by atoms with Gasteiger partial charge in [-0.3, -0.25) is 9.59 Å². The molecule has 1 amide bonds. The van der Waals surface area contributed by atoms with Gasteiger partial charge in [0, 0.05) is 37.8 Å². The lowest BCUT2D eigenvalue weighted by Crippen LogP contribution is -2.42. The fourth-order valence-electron chi connectivity index (χ4n) is 4.22. The minimum Gasteiger partial charge on any atom is -0.508 e. The number of carbonyl (C=O) groups is 1. The molecule has 0 aromatic carbocycles. The Balaban J connectivity index is 1.55. The minimum absolute atomic E-state index is 0.0204. The highest BCUT2D eigenvalue weighted by Gasteiger charge is 2.37. The first kappa shape index (κ1) is 16.1. The van der Waals surface area contributed by atoms with Crippen molar-refractivity contribution in [2.24, 2.45) is 5.41 Å². The molecule has 1 saturated heterocycles. The minimum atomic E-state index is -0.251. The van der Waals surface area contributed by atoms with Gasteiger partial charge in [0.05, 0.1) is 0 Å². The zero-order valence-electron chi connectivity index (χ0n) is 13.9. The molecule has 2 aliphatic rings. The van der Waals surface area contributed by atoms with E-state index in [2.05, 4.69) is 0 Å². The number of carbonyl (C=O) groups excluding carboxylic acids is 1. The summed E-state index contributed by atoms with van der Waals surface area (Å²) < 4.78 is 1.56. The molecule has 1 aromatic heterocycles. The zero-order valence-corrected chi connectivity index (χ0v) is 13.9. The lowest BCUT2D eigenvalue weighted by molar-refractivity contribution is -0.133. The number of aromatic hydroxyl groups is 1. The number of hydrogen-bond acceptors (Lipinski definition) is 3. The number of hydrogen-bond donors (Lipinski definition) is 1. The predicted octanol–water partition coefficient (Wildman–Crippen LogP) is 2.44. The molecule has 0 bridgehead atoms. The van der Waals surface area contributed by atoms with Gasteiger partial charge < -0.3 is 14.6 Å². The van der Waals surface area contributed by atoms with Crippen molar-refractivity contribution in [2.45, 2.75) is 58.4 Å². The molecule has 1 saturated carbocycles. The second kappa shape index (κ2) is 6.38. The molecule has 1 N–H and O–H groups in total. The summed E-state index contributed by atoms with van der Waals surface area (Å²) in [5.41, 5.74) is 0.951. The lowest BCUT2D eigenvalue weighted by atomic mass is 9.77. The highest BCUT2D eigenvalue weighted by molar-refractivity contribution is 5.76. The summed E-state index contributed by atoms with van der Waals surface area (Å²) >= 11 is 0. The van der Waals surface area contributed by atoms with E-state index in [1.807, 2.05) is 4.90 Å². The first-order valence-corrected chi connectivity index (χ1v) is 8.67. The van der Waals surface area contributed by atoms with Gasteiger partial charge in [0.1, 0.15) is 5.75 Å². The monoisotopic (exact) mass is 318 g/mol. The Morgan fingerprint density at radius 3 is 2.43 bits per heavy atom. The zero-order chi connectivity index (χ0) is 16.4. The highest BCUT2D eigenvalue weighted by Crippen LogP contribution is 2.46. The molecule has 0 atom stereocenters. The molecule has 1 aliphatic heterocycles. The fraction of sp³-hybridized carbons (Fsp3) is 0.667. The van der Waals surface area contributed by atoms with Crippen LogP contribution in [0.5, 0.6) is 5.75 Å². The molecule has 2 fully saturated rings. The first-order valence-electron chi connectivity index (χ1n) is 8.67. The van der Waals surface area contributed by atoms with Crippen LogP contribution in [0.15, 0.2) is 16.9 Å². The summed E-state index contributed by atoms with van der Waals surface area (Å²) in [6.07, 6.45) is 7.97. The molecular weight excluding hydrogens is 292 g/mol. The van der Waals surface area contributed by atoms with Crippen LogP contribution in [0.3, 0.4) is 0 Å². The average Bonchev–Trinajstić information content (AvgIpc) is 2.95. The van der Waals surface area contributed by atoms with Gasteiger partial charge in [0.25, 0.3) is 5.56 Å². The molecule has 2 heterocycles. The van der Waals surface area contributed by atoms with Gasteiger partial charge >= 0.3 is 0 Å². The molecule has 5 nitrogen and oxygen atoms in total. The number of pyridine rings is 1. The third-order valence-corrected chi connectivity index (χ3v) is 5.71. The van der Waals surface area contributed by atoms with Crippen LogP contribution in [0, 0.1) is 12.3 Å². The van der Waals surface area contributed by atoms with Crippen LogP contribution >= 0.6 is 0 Å². The number of nitrogens with zero attached hydrogens (tertiary/aromatic N) is 2. The Morgan fingerprint density at radius 2 is 1.83 bits per heavy atom. The molecule has 0 unspecified atom stereocenters. The van der Waals surface area contributed by atoms with Gasteiger partial charge in [-0.1, -0.05) is 12.8 Å². The number of likely N-dealkylation sites (tertiary alicyclic amines) is 1. The summed E-state index contributed by atoms with van der Waals surface area (Å²) in [6.45, 7) is 3.88. The normalized spacial score (nSPS) is 20.1. The largest absolute Gasteiger partial charge is 0.508 e. The van der Waals surface area contributed by atoms with Gasteiger partial charge in [0.15, 0.2) is 0 Å². The molecule has 3 rings (SSSR count). The Kier molecular flexibility index (Phi) is 4.46. The van der Waals surface area contributed by atoms with Gasteiger partial charge in [-0.2, -0.15) is 0 Å². The van der Waals surface area contributed by atoms with E-state index in [-0.39, 0.29) is 17.2 Å². The van der Waals surface area contributed by atoms with E-state index >= 15 is 0 Å². The van der Waals surface area contributed by atoms with E-state index in [0.29, 0.717) is 24.1 Å². The molecule has 23 heavy (non-hydrogen) atoms. The van der Waals surface area contributed by atoms with Crippen molar-refractivity contribution in [1.29, 1.82) is 0 Å². The van der Waals surface area contributed by atoms with Crippen LogP contribution < -0.4 is 5.56 Å². The summed E-state index contributed by atoms with van der Waals surface area (Å²) in [5, 5.41) is 9.41. The number of rotatable bonds is 3. The molecule has 5 heteroatoms. The summed E-state index contributed by atoms with van der Waals surface area (Å²) in [7, 11) is 0. The van der Waals surface area contributed by atoms with Crippen molar-refractivity contribution in [3.05, 3.63) is 28.2 Å². The average molecular weight is 318 g/mol. The van der Waals surface area contributed by atoms with E-state index in [4.69, 9.17) is 0 Å². The molecule has 1 aromatic rings. The Morgan fingerprint density at radius 1 is 1.17 bits per heavy atom. The van der Waals surface area contributed by atoms with Gasteiger partial charge in [0.2, 0.25) is 5.91 Å². The number of aromatic nitrogens is 1. The van der Waals surface area contributed by atoms with Crippen molar-refractivity contribution in [1.82, 2.24) is 9.47 Å². The van der Waals surface area contributed by atoms with E-state index in [1.54, 1.807) is 17.6 Å². The second-order valence-corrected chi connectivity index (χ2v) is 7.18. The van der Waals surface area contributed by atoms with Crippen LogP contribution in [0.1, 0.15) is 50.6 Å². The van der Waals surface area contributed by atoms with Crippen molar-refractivity contribution in [3.8, 4) is 5.75 Å². The number of aryl methyl sites for hydroxylation is 1. The molecule has 0 radical (unpaired) electrons. The smallest absolute Gasteiger partial charge is 0.254 e. The van der Waals surface area contributed by atoms with Crippen LogP contribution in [-0.4, -0.2) is 33.6 Å². The van der Waals surface area contributed by atoms with E-state index in [1.165, 1.54) is 31.7 Å². The van der Waals surface area contributed by atoms with Crippen molar-refractivity contribution >= 4 is 5.91 Å². The van der Waals surface area contributed by atoms with Crippen molar-refractivity contribution < 1.29 is 9.90 Å². The van der Waals surface area contributed by atoms with E-state index < -0.39 is 0 Å². The van der Waals surface area contributed by atoms with Crippen molar-refractivity contribution in [2.75, 3.05) is 13.1 Å². The molecular formula is C18H26N2O3. The third-order valence-electron chi connectivity index (χ3n) is 5.71.